The van der Waals surface area contributed by atoms with Gasteiger partial charge in [0.15, 0.2) is 0 Å². The number of rotatable bonds is 3. The first-order chi connectivity index (χ1) is 10.7. The van der Waals surface area contributed by atoms with Crippen LogP contribution < -0.4 is 5.32 Å². The van der Waals surface area contributed by atoms with Crippen molar-refractivity contribution >= 4 is 11.9 Å². The van der Waals surface area contributed by atoms with Crippen LogP contribution in [0.3, 0.4) is 0 Å². The molecule has 0 spiro atoms. The summed E-state index contributed by atoms with van der Waals surface area (Å²) in [5.41, 5.74) is -0.467. The van der Waals surface area contributed by atoms with Gasteiger partial charge in [0.25, 0.3) is 0 Å². The van der Waals surface area contributed by atoms with Gasteiger partial charge >= 0.3 is 11.9 Å². The molecule has 23 heavy (non-hydrogen) atoms. The average Bonchev–Trinajstić information content (AvgIpc) is 2.85. The molecule has 3 atom stereocenters. The molecule has 1 aliphatic heterocycles. The van der Waals surface area contributed by atoms with Gasteiger partial charge in [0.05, 0.1) is 12.5 Å². The second kappa shape index (κ2) is 6.32. The maximum Gasteiger partial charge on any atom is 0.322 e. The number of hydrogen-bond donors (Lipinski definition) is 1. The predicted molar refractivity (Wildman–Crippen MR) is 86.7 cm³/mol. The van der Waals surface area contributed by atoms with Gasteiger partial charge in [-0.3, -0.25) is 14.9 Å². The highest BCUT2D eigenvalue weighted by atomic mass is 16.6. The van der Waals surface area contributed by atoms with E-state index in [2.05, 4.69) is 5.32 Å². The number of methoxy groups -OCH3 is 1. The van der Waals surface area contributed by atoms with Crippen LogP contribution >= 0.6 is 0 Å². The number of nitrogens with one attached hydrogen (secondary N) is 1. The summed E-state index contributed by atoms with van der Waals surface area (Å²) in [7, 11) is 1.35. The molecule has 126 valence electrons. The lowest BCUT2D eigenvalue weighted by atomic mass is 9.78. The van der Waals surface area contributed by atoms with E-state index in [0.717, 1.165) is 5.56 Å². The van der Waals surface area contributed by atoms with E-state index < -0.39 is 17.1 Å². The molecule has 5 nitrogen and oxygen atoms in total. The van der Waals surface area contributed by atoms with Gasteiger partial charge in [0.2, 0.25) is 0 Å². The van der Waals surface area contributed by atoms with Crippen molar-refractivity contribution in [1.82, 2.24) is 5.32 Å². The van der Waals surface area contributed by atoms with E-state index in [9.17, 15) is 9.59 Å². The second-order valence-electron chi connectivity index (χ2n) is 7.21. The highest BCUT2D eigenvalue weighted by molar-refractivity contribution is 5.83. The van der Waals surface area contributed by atoms with E-state index in [1.165, 1.54) is 7.11 Å². The first-order valence-electron chi connectivity index (χ1n) is 7.79. The Kier molecular flexibility index (Phi) is 4.80. The second-order valence-corrected chi connectivity index (χ2v) is 7.21. The highest BCUT2D eigenvalue weighted by Crippen LogP contribution is 2.45. The summed E-state index contributed by atoms with van der Waals surface area (Å²) in [5, 5.41) is 3.24. The zero-order valence-electron chi connectivity index (χ0n) is 14.4. The van der Waals surface area contributed by atoms with Crippen LogP contribution in [0.1, 0.15) is 45.7 Å². The monoisotopic (exact) mass is 319 g/mol. The summed E-state index contributed by atoms with van der Waals surface area (Å²) in [4.78, 5) is 24.8. The van der Waals surface area contributed by atoms with Gasteiger partial charge in [-0.1, -0.05) is 30.3 Å². The lowest BCUT2D eigenvalue weighted by Crippen LogP contribution is -2.39. The Morgan fingerprint density at radius 1 is 1.22 bits per heavy atom. The highest BCUT2D eigenvalue weighted by Gasteiger charge is 2.53. The lowest BCUT2D eigenvalue weighted by molar-refractivity contribution is -0.167. The van der Waals surface area contributed by atoms with Crippen molar-refractivity contribution in [3.63, 3.8) is 0 Å². The van der Waals surface area contributed by atoms with Crippen LogP contribution in [0, 0.1) is 5.41 Å². The molecular formula is C18H25NO4. The normalized spacial score (nSPS) is 27.5. The Balaban J connectivity index is 2.35. The Morgan fingerprint density at radius 3 is 2.35 bits per heavy atom. The standard InChI is InChI=1S/C18H25NO4/c1-17(2,3)23-16(21)18(4)11-13(15(20)22-5)19-14(18)12-9-7-6-8-10-12/h6-10,13-14,19H,11H2,1-5H3/t13-,14-,18-/m0/s1. The Morgan fingerprint density at radius 2 is 1.83 bits per heavy atom. The van der Waals surface area contributed by atoms with Gasteiger partial charge < -0.3 is 9.47 Å². The van der Waals surface area contributed by atoms with Gasteiger partial charge in [-0.25, -0.2) is 0 Å². The summed E-state index contributed by atoms with van der Waals surface area (Å²) in [5.74, 6) is -0.670. The molecule has 0 saturated carbocycles. The zero-order chi connectivity index (χ0) is 17.3. The van der Waals surface area contributed by atoms with Crippen molar-refractivity contribution in [3.05, 3.63) is 35.9 Å². The van der Waals surface area contributed by atoms with E-state index >= 15 is 0 Å². The molecule has 0 aromatic heterocycles. The molecule has 1 aromatic rings. The largest absolute Gasteiger partial charge is 0.468 e. The van der Waals surface area contributed by atoms with Gasteiger partial charge in [0, 0.05) is 6.04 Å². The number of carbonyl (C=O) groups excluding carboxylic acids is 2. The number of esters is 2. The third-order valence-corrected chi connectivity index (χ3v) is 4.12. The molecule has 0 radical (unpaired) electrons. The zero-order valence-corrected chi connectivity index (χ0v) is 14.4. The third kappa shape index (κ3) is 3.72. The van der Waals surface area contributed by atoms with Crippen LogP contribution in [0.4, 0.5) is 0 Å². The lowest BCUT2D eigenvalue weighted by Gasteiger charge is -2.32. The SMILES string of the molecule is COC(=O)[C@@H]1C[C@](C)(C(=O)OC(C)(C)C)[C@H](c2ccccc2)N1. The van der Waals surface area contributed by atoms with Gasteiger partial charge in [0.1, 0.15) is 11.6 Å². The number of ether oxygens (including phenoxy) is 2. The Hall–Kier alpha value is -1.88. The number of benzene rings is 1. The third-order valence-electron chi connectivity index (χ3n) is 4.12. The van der Waals surface area contributed by atoms with E-state index in [0.29, 0.717) is 6.42 Å². The van der Waals surface area contributed by atoms with Crippen molar-refractivity contribution in [2.24, 2.45) is 5.41 Å². The first-order valence-corrected chi connectivity index (χ1v) is 7.79. The van der Waals surface area contributed by atoms with Gasteiger partial charge in [-0.05, 0) is 39.7 Å². The van der Waals surface area contributed by atoms with E-state index in [1.807, 2.05) is 58.0 Å². The van der Waals surface area contributed by atoms with E-state index in [1.54, 1.807) is 0 Å². The summed E-state index contributed by atoms with van der Waals surface area (Å²) in [6.45, 7) is 7.36. The molecule has 2 rings (SSSR count). The maximum atomic E-state index is 12.8. The van der Waals surface area contributed by atoms with Gasteiger partial charge in [-0.15, -0.1) is 0 Å². The smallest absolute Gasteiger partial charge is 0.322 e. The fourth-order valence-electron chi connectivity index (χ4n) is 2.98. The van der Waals surface area contributed by atoms with Crippen LogP contribution in [-0.2, 0) is 19.1 Å². The summed E-state index contributed by atoms with van der Waals surface area (Å²) in [6.07, 6.45) is 0.341. The minimum absolute atomic E-state index is 0.303. The van der Waals surface area contributed by atoms with Crippen molar-refractivity contribution in [1.29, 1.82) is 0 Å². The van der Waals surface area contributed by atoms with Gasteiger partial charge in [-0.2, -0.15) is 0 Å². The van der Waals surface area contributed by atoms with E-state index in [-0.39, 0.29) is 18.0 Å². The summed E-state index contributed by atoms with van der Waals surface area (Å²) in [6, 6.07) is 8.81. The molecule has 1 N–H and O–H groups in total. The molecule has 0 amide bonds. The quantitative estimate of drug-likeness (QED) is 0.868. The van der Waals surface area contributed by atoms with Crippen molar-refractivity contribution in [2.75, 3.05) is 7.11 Å². The van der Waals surface area contributed by atoms with Crippen LogP contribution in [0.2, 0.25) is 0 Å². The Labute approximate surface area is 137 Å². The van der Waals surface area contributed by atoms with Crippen molar-refractivity contribution in [3.8, 4) is 0 Å². The number of hydrogen-bond acceptors (Lipinski definition) is 5. The molecule has 1 saturated heterocycles. The minimum Gasteiger partial charge on any atom is -0.468 e. The van der Waals surface area contributed by atoms with Crippen molar-refractivity contribution in [2.45, 2.75) is 51.8 Å². The molecule has 0 bridgehead atoms. The fraction of sp³-hybridized carbons (Fsp3) is 0.556. The topological polar surface area (TPSA) is 64.6 Å². The number of carbonyl (C=O) groups is 2. The van der Waals surface area contributed by atoms with Crippen LogP contribution in [0.25, 0.3) is 0 Å². The summed E-state index contributed by atoms with van der Waals surface area (Å²) >= 11 is 0. The maximum absolute atomic E-state index is 12.8. The molecule has 1 aliphatic rings. The fourth-order valence-corrected chi connectivity index (χ4v) is 2.98. The van der Waals surface area contributed by atoms with Crippen LogP contribution in [0.5, 0.6) is 0 Å². The molecule has 5 heteroatoms. The Bertz CT molecular complexity index is 578. The summed E-state index contributed by atoms with van der Waals surface area (Å²) < 4.78 is 10.4. The molecule has 1 heterocycles. The molecule has 0 aliphatic carbocycles. The van der Waals surface area contributed by atoms with Crippen LogP contribution in [-0.4, -0.2) is 30.7 Å². The average molecular weight is 319 g/mol. The van der Waals surface area contributed by atoms with Crippen molar-refractivity contribution < 1.29 is 19.1 Å². The molecule has 1 fully saturated rings. The predicted octanol–water partition coefficient (Wildman–Crippen LogP) is 2.61. The van der Waals surface area contributed by atoms with Crippen LogP contribution in [0.15, 0.2) is 30.3 Å². The first kappa shape index (κ1) is 17.5. The minimum atomic E-state index is -0.840. The van der Waals surface area contributed by atoms with E-state index in [4.69, 9.17) is 9.47 Å². The molecule has 1 aromatic carbocycles. The molecule has 0 unspecified atom stereocenters. The molecular weight excluding hydrogens is 294 g/mol.